The molecule has 0 aliphatic heterocycles. The SMILES string of the molecule is C#CCOc1nc(-n2nc(C)n(C(F)F)c2=O)c(Br)cc1Br. The Bertz CT molecular complexity index is 811. The summed E-state index contributed by atoms with van der Waals surface area (Å²) in [4.78, 5) is 16.1. The predicted octanol–water partition coefficient (Wildman–Crippen LogP) is 2.67. The van der Waals surface area contributed by atoms with E-state index in [1.165, 1.54) is 6.92 Å². The lowest BCUT2D eigenvalue weighted by molar-refractivity contribution is 0.0640. The Morgan fingerprint density at radius 3 is 2.68 bits per heavy atom. The lowest BCUT2D eigenvalue weighted by Gasteiger charge is -2.08. The first kappa shape index (κ1) is 16.6. The van der Waals surface area contributed by atoms with Crippen molar-refractivity contribution in [3.05, 3.63) is 31.3 Å². The number of terminal acetylenes is 1. The molecule has 0 N–H and O–H groups in total. The summed E-state index contributed by atoms with van der Waals surface area (Å²) in [6, 6.07) is 1.55. The maximum Gasteiger partial charge on any atom is 0.356 e. The van der Waals surface area contributed by atoms with Crippen LogP contribution in [0, 0.1) is 19.3 Å². The third-order valence-electron chi connectivity index (χ3n) is 2.55. The van der Waals surface area contributed by atoms with E-state index in [1.54, 1.807) is 6.07 Å². The van der Waals surface area contributed by atoms with Crippen molar-refractivity contribution in [1.82, 2.24) is 19.3 Å². The van der Waals surface area contributed by atoms with Gasteiger partial charge in [0.05, 0.1) is 8.95 Å². The van der Waals surface area contributed by atoms with E-state index in [0.29, 0.717) is 8.95 Å². The van der Waals surface area contributed by atoms with Crippen molar-refractivity contribution < 1.29 is 13.5 Å². The third kappa shape index (κ3) is 3.05. The molecule has 2 aromatic heterocycles. The molecule has 10 heteroatoms. The zero-order valence-corrected chi connectivity index (χ0v) is 14.2. The van der Waals surface area contributed by atoms with E-state index in [-0.39, 0.29) is 28.7 Å². The molecule has 2 rings (SSSR count). The molecule has 6 nitrogen and oxygen atoms in total. The molecule has 2 aromatic rings. The Kier molecular flexibility index (Phi) is 4.97. The Morgan fingerprint density at radius 1 is 1.45 bits per heavy atom. The van der Waals surface area contributed by atoms with Crippen molar-refractivity contribution in [3.63, 3.8) is 0 Å². The van der Waals surface area contributed by atoms with E-state index in [0.717, 1.165) is 4.68 Å². The molecular formula is C12H8Br2F2N4O2. The number of nitrogens with zero attached hydrogens (tertiary/aromatic N) is 4. The number of hydrogen-bond donors (Lipinski definition) is 0. The predicted molar refractivity (Wildman–Crippen MR) is 81.3 cm³/mol. The van der Waals surface area contributed by atoms with Crippen molar-refractivity contribution in [3.8, 4) is 24.0 Å². The number of aryl methyl sites for hydroxylation is 1. The minimum atomic E-state index is -2.99. The zero-order valence-electron chi connectivity index (χ0n) is 11.1. The normalized spacial score (nSPS) is 10.8. The van der Waals surface area contributed by atoms with Crippen LogP contribution in [0.1, 0.15) is 12.4 Å². The maximum absolute atomic E-state index is 12.9. The van der Waals surface area contributed by atoms with Crippen LogP contribution < -0.4 is 10.4 Å². The van der Waals surface area contributed by atoms with Gasteiger partial charge in [0.15, 0.2) is 12.4 Å². The molecule has 0 unspecified atom stereocenters. The molecule has 0 saturated carbocycles. The molecule has 22 heavy (non-hydrogen) atoms. The Balaban J connectivity index is 2.61. The summed E-state index contributed by atoms with van der Waals surface area (Å²) >= 11 is 6.43. The Morgan fingerprint density at radius 2 is 2.14 bits per heavy atom. The average Bonchev–Trinajstić information content (AvgIpc) is 2.73. The highest BCUT2D eigenvalue weighted by Crippen LogP contribution is 2.30. The Hall–Kier alpha value is -1.73. The fraction of sp³-hybridized carbons (Fsp3) is 0.250. The summed E-state index contributed by atoms with van der Waals surface area (Å²) in [5, 5.41) is 3.80. The van der Waals surface area contributed by atoms with E-state index in [1.807, 2.05) is 0 Å². The fourth-order valence-electron chi connectivity index (χ4n) is 1.64. The molecule has 2 heterocycles. The van der Waals surface area contributed by atoms with Crippen LogP contribution in [-0.4, -0.2) is 25.9 Å². The number of ether oxygens (including phenoxy) is 1. The maximum atomic E-state index is 12.9. The van der Waals surface area contributed by atoms with Crippen LogP contribution >= 0.6 is 31.9 Å². The first-order valence-corrected chi connectivity index (χ1v) is 7.34. The van der Waals surface area contributed by atoms with Crippen molar-refractivity contribution in [2.24, 2.45) is 0 Å². The first-order chi connectivity index (χ1) is 10.4. The lowest BCUT2D eigenvalue weighted by atomic mass is 10.4. The van der Waals surface area contributed by atoms with Gasteiger partial charge in [0.2, 0.25) is 5.88 Å². The van der Waals surface area contributed by atoms with Gasteiger partial charge in [-0.2, -0.15) is 18.4 Å². The standard InChI is InChI=1S/C12H8Br2F2N4O2/c1-3-4-22-10-8(14)5-7(13)9(17-10)20-12(21)19(11(15)16)6(2)18-20/h1,5,11H,4H2,2H3. The van der Waals surface area contributed by atoms with Crippen LogP contribution in [0.2, 0.25) is 0 Å². The van der Waals surface area contributed by atoms with E-state index < -0.39 is 12.2 Å². The zero-order chi connectivity index (χ0) is 16.4. The molecule has 0 atom stereocenters. The van der Waals surface area contributed by atoms with Gasteiger partial charge >= 0.3 is 12.2 Å². The number of rotatable bonds is 4. The van der Waals surface area contributed by atoms with Crippen molar-refractivity contribution in [1.29, 1.82) is 0 Å². The van der Waals surface area contributed by atoms with E-state index in [9.17, 15) is 13.6 Å². The fourth-order valence-corrected chi connectivity index (χ4v) is 2.86. The van der Waals surface area contributed by atoms with E-state index in [2.05, 4.69) is 47.9 Å². The second-order valence-corrected chi connectivity index (χ2v) is 5.67. The van der Waals surface area contributed by atoms with Crippen LogP contribution in [0.15, 0.2) is 19.8 Å². The summed E-state index contributed by atoms with van der Waals surface area (Å²) < 4.78 is 32.8. The van der Waals surface area contributed by atoms with Gasteiger partial charge in [-0.15, -0.1) is 11.5 Å². The first-order valence-electron chi connectivity index (χ1n) is 5.75. The molecule has 0 bridgehead atoms. The van der Waals surface area contributed by atoms with Gasteiger partial charge in [-0.05, 0) is 44.8 Å². The average molecular weight is 438 g/mol. The van der Waals surface area contributed by atoms with Crippen LogP contribution in [0.4, 0.5) is 8.78 Å². The summed E-state index contributed by atoms with van der Waals surface area (Å²) in [6.07, 6.45) is 5.10. The van der Waals surface area contributed by atoms with Gasteiger partial charge in [0, 0.05) is 0 Å². The van der Waals surface area contributed by atoms with Gasteiger partial charge in [-0.1, -0.05) is 5.92 Å². The summed E-state index contributed by atoms with van der Waals surface area (Å²) in [6.45, 7) is -1.73. The highest BCUT2D eigenvalue weighted by Gasteiger charge is 2.21. The van der Waals surface area contributed by atoms with E-state index >= 15 is 0 Å². The number of halogens is 4. The number of pyridine rings is 1. The minimum absolute atomic E-state index is 0.0164. The van der Waals surface area contributed by atoms with Crippen LogP contribution in [0.25, 0.3) is 5.82 Å². The van der Waals surface area contributed by atoms with Gasteiger partial charge < -0.3 is 4.74 Å². The second kappa shape index (κ2) is 6.58. The molecule has 0 aliphatic rings. The van der Waals surface area contributed by atoms with Gasteiger partial charge in [-0.3, -0.25) is 0 Å². The molecule has 116 valence electrons. The quantitative estimate of drug-likeness (QED) is 0.690. The highest BCUT2D eigenvalue weighted by atomic mass is 79.9. The molecule has 0 fully saturated rings. The van der Waals surface area contributed by atoms with Gasteiger partial charge in [-0.25, -0.2) is 9.36 Å². The smallest absolute Gasteiger partial charge is 0.356 e. The summed E-state index contributed by atoms with van der Waals surface area (Å²) in [5.41, 5.74) is -1.01. The van der Waals surface area contributed by atoms with Crippen molar-refractivity contribution >= 4 is 31.9 Å². The Labute approximate surface area is 140 Å². The van der Waals surface area contributed by atoms with Crippen molar-refractivity contribution in [2.75, 3.05) is 6.61 Å². The molecule has 0 saturated heterocycles. The molecular weight excluding hydrogens is 430 g/mol. The van der Waals surface area contributed by atoms with Gasteiger partial charge in [0.1, 0.15) is 5.82 Å². The summed E-state index contributed by atoms with van der Waals surface area (Å²) in [7, 11) is 0. The highest BCUT2D eigenvalue weighted by molar-refractivity contribution is 9.11. The molecule has 0 aliphatic carbocycles. The minimum Gasteiger partial charge on any atom is -0.464 e. The summed E-state index contributed by atoms with van der Waals surface area (Å²) in [5.74, 6) is 2.27. The third-order valence-corrected chi connectivity index (χ3v) is 3.70. The number of hydrogen-bond acceptors (Lipinski definition) is 4. The second-order valence-electron chi connectivity index (χ2n) is 3.96. The van der Waals surface area contributed by atoms with Crippen LogP contribution in [0.5, 0.6) is 5.88 Å². The lowest BCUT2D eigenvalue weighted by Crippen LogP contribution is -2.25. The molecule has 0 amide bonds. The molecule has 0 spiro atoms. The molecule has 0 radical (unpaired) electrons. The topological polar surface area (TPSA) is 61.9 Å². The number of aromatic nitrogens is 4. The van der Waals surface area contributed by atoms with Crippen LogP contribution in [0.3, 0.4) is 0 Å². The van der Waals surface area contributed by atoms with Crippen molar-refractivity contribution in [2.45, 2.75) is 13.5 Å². The van der Waals surface area contributed by atoms with Crippen LogP contribution in [-0.2, 0) is 0 Å². The number of alkyl halides is 2. The largest absolute Gasteiger partial charge is 0.464 e. The monoisotopic (exact) mass is 436 g/mol. The van der Waals surface area contributed by atoms with E-state index in [4.69, 9.17) is 11.2 Å². The molecule has 0 aromatic carbocycles. The van der Waals surface area contributed by atoms with Gasteiger partial charge in [0.25, 0.3) is 0 Å².